The van der Waals surface area contributed by atoms with Gasteiger partial charge in [0.15, 0.2) is 5.75 Å². The van der Waals surface area contributed by atoms with Gasteiger partial charge in [-0.15, -0.1) is 12.4 Å². The molecule has 0 bridgehead atoms. The van der Waals surface area contributed by atoms with Crippen LogP contribution in [0.3, 0.4) is 0 Å². The molecule has 0 radical (unpaired) electrons. The summed E-state index contributed by atoms with van der Waals surface area (Å²) in [6.45, 7) is 10.8. The Hall–Kier alpha value is -4.89. The molecule has 1 fully saturated rings. The van der Waals surface area contributed by atoms with Crippen LogP contribution in [0.5, 0.6) is 23.1 Å². The molecule has 0 atom stereocenters. The Balaban J connectivity index is 0.00000561. The van der Waals surface area contributed by atoms with Crippen LogP contribution in [0.2, 0.25) is 5.02 Å². The zero-order chi connectivity index (χ0) is 37.2. The summed E-state index contributed by atoms with van der Waals surface area (Å²) in [6.07, 6.45) is 5.76. The zero-order valence-electron chi connectivity index (χ0n) is 30.8. The van der Waals surface area contributed by atoms with E-state index >= 15 is 0 Å². The van der Waals surface area contributed by atoms with Crippen molar-refractivity contribution < 1.29 is 23.4 Å². The fraction of sp³-hybridized carbons (Fsp3) is 0.273. The number of hydrogen-bond acceptors (Lipinski definition) is 6. The summed E-state index contributed by atoms with van der Waals surface area (Å²) in [7, 11) is 0. The molecule has 0 saturated carbocycles. The summed E-state index contributed by atoms with van der Waals surface area (Å²) in [4.78, 5) is 21.6. The largest absolute Gasteiger partial charge is 0.493 e. The molecule has 2 heterocycles. The Labute approximate surface area is 328 Å². The van der Waals surface area contributed by atoms with Crippen molar-refractivity contribution in [1.29, 1.82) is 0 Å². The molecule has 5 aromatic rings. The molecule has 1 saturated heterocycles. The average Bonchev–Trinajstić information content (AvgIpc) is 3.16. The van der Waals surface area contributed by atoms with Crippen LogP contribution in [0, 0.1) is 12.7 Å². The van der Waals surface area contributed by atoms with E-state index in [1.165, 1.54) is 29.0 Å². The lowest BCUT2D eigenvalue weighted by Crippen LogP contribution is -2.47. The van der Waals surface area contributed by atoms with Crippen LogP contribution in [-0.4, -0.2) is 53.5 Å². The van der Waals surface area contributed by atoms with E-state index in [1.54, 1.807) is 48.6 Å². The summed E-state index contributed by atoms with van der Waals surface area (Å²) in [5, 5.41) is 0.404. The molecule has 1 aliphatic heterocycles. The van der Waals surface area contributed by atoms with Crippen molar-refractivity contribution in [3.63, 3.8) is 0 Å². The van der Waals surface area contributed by atoms with Crippen LogP contribution >= 0.6 is 24.0 Å². The first-order valence-electron chi connectivity index (χ1n) is 18.0. The van der Waals surface area contributed by atoms with Crippen LogP contribution in [0.15, 0.2) is 109 Å². The van der Waals surface area contributed by atoms with Crippen molar-refractivity contribution in [2.45, 2.75) is 46.3 Å². The third-order valence-corrected chi connectivity index (χ3v) is 9.54. The second kappa shape index (κ2) is 19.4. The molecule has 0 unspecified atom stereocenters. The minimum Gasteiger partial charge on any atom is -0.493 e. The number of pyridine rings is 1. The van der Waals surface area contributed by atoms with Gasteiger partial charge in [0, 0.05) is 56.9 Å². The van der Waals surface area contributed by atoms with Crippen molar-refractivity contribution in [2.75, 3.05) is 32.8 Å². The maximum Gasteiger partial charge on any atom is 0.246 e. The van der Waals surface area contributed by atoms with Gasteiger partial charge in [-0.05, 0) is 83.1 Å². The van der Waals surface area contributed by atoms with Crippen molar-refractivity contribution in [1.82, 2.24) is 14.8 Å². The van der Waals surface area contributed by atoms with E-state index in [9.17, 15) is 9.18 Å². The maximum atomic E-state index is 13.9. The number of carbonyl (C=O) groups excluding carboxylic acids is 1. The quantitative estimate of drug-likeness (QED) is 0.105. The van der Waals surface area contributed by atoms with Gasteiger partial charge in [-0.25, -0.2) is 9.37 Å². The van der Waals surface area contributed by atoms with E-state index in [1.807, 2.05) is 30.0 Å². The number of aromatic nitrogens is 1. The first-order valence-corrected chi connectivity index (χ1v) is 18.4. The standard InChI is InChI=1S/C44H45ClFN3O4.ClH/c1-31(2)36-13-15-38(16-14-36)51-25-20-33-8-10-34(11-9-33)29-48-21-23-49(24-22-48)43(50)19-12-35-26-32(3)44(40(45)27-35)53-42-18-17-39(28-47-42)52-30-37-6-4-5-7-41(37)46;/h4-19,26-28,31H,20-25,29-30H2,1-3H3;1H. The molecule has 1 aliphatic rings. The lowest BCUT2D eigenvalue weighted by Gasteiger charge is -2.34. The summed E-state index contributed by atoms with van der Waals surface area (Å²) >= 11 is 6.61. The van der Waals surface area contributed by atoms with Gasteiger partial charge in [-0.2, -0.15) is 0 Å². The number of hydrogen-bond donors (Lipinski definition) is 0. The number of amides is 1. The predicted octanol–water partition coefficient (Wildman–Crippen LogP) is 10.1. The third-order valence-electron chi connectivity index (χ3n) is 9.26. The highest BCUT2D eigenvalue weighted by Crippen LogP contribution is 2.34. The van der Waals surface area contributed by atoms with Crippen molar-refractivity contribution in [3.05, 3.63) is 154 Å². The van der Waals surface area contributed by atoms with Crippen LogP contribution < -0.4 is 14.2 Å². The molecular formula is C44H46Cl2FN3O4. The molecule has 6 rings (SSSR count). The Bertz CT molecular complexity index is 1970. The highest BCUT2D eigenvalue weighted by atomic mass is 35.5. The summed E-state index contributed by atoms with van der Waals surface area (Å²) in [5.41, 5.74) is 5.89. The molecule has 0 N–H and O–H groups in total. The Morgan fingerprint density at radius 2 is 1.59 bits per heavy atom. The molecule has 282 valence electrons. The van der Waals surface area contributed by atoms with Gasteiger partial charge in [-0.1, -0.05) is 80.0 Å². The summed E-state index contributed by atoms with van der Waals surface area (Å²) in [5.74, 6) is 2.38. The second-order valence-electron chi connectivity index (χ2n) is 13.5. The Morgan fingerprint density at radius 1 is 0.889 bits per heavy atom. The molecule has 0 aliphatic carbocycles. The number of nitrogens with zero attached hydrogens (tertiary/aromatic N) is 3. The van der Waals surface area contributed by atoms with E-state index in [-0.39, 0.29) is 30.7 Å². The van der Waals surface area contributed by atoms with E-state index in [0.717, 1.165) is 42.9 Å². The predicted molar refractivity (Wildman–Crippen MR) is 216 cm³/mol. The smallest absolute Gasteiger partial charge is 0.246 e. The highest BCUT2D eigenvalue weighted by Gasteiger charge is 2.20. The first kappa shape index (κ1) is 40.3. The molecular weight excluding hydrogens is 724 g/mol. The van der Waals surface area contributed by atoms with Gasteiger partial charge >= 0.3 is 0 Å². The first-order chi connectivity index (χ1) is 25.7. The Kier molecular flexibility index (Phi) is 14.5. The number of piperazine rings is 1. The van der Waals surface area contributed by atoms with E-state index in [4.69, 9.17) is 25.8 Å². The van der Waals surface area contributed by atoms with Crippen molar-refractivity contribution in [3.8, 4) is 23.1 Å². The molecule has 10 heteroatoms. The lowest BCUT2D eigenvalue weighted by molar-refractivity contribution is -0.127. The molecule has 1 aromatic heterocycles. The van der Waals surface area contributed by atoms with Crippen LogP contribution in [0.1, 0.15) is 53.1 Å². The van der Waals surface area contributed by atoms with Gasteiger partial charge in [0.25, 0.3) is 0 Å². The number of aryl methyl sites for hydroxylation is 1. The second-order valence-corrected chi connectivity index (χ2v) is 13.9. The van der Waals surface area contributed by atoms with E-state index in [0.29, 0.717) is 53.6 Å². The normalized spacial score (nSPS) is 13.2. The minimum atomic E-state index is -0.317. The number of ether oxygens (including phenoxy) is 3. The van der Waals surface area contributed by atoms with Gasteiger partial charge < -0.3 is 19.1 Å². The number of rotatable bonds is 14. The summed E-state index contributed by atoms with van der Waals surface area (Å²) < 4.78 is 31.5. The average molecular weight is 771 g/mol. The number of benzene rings is 4. The van der Waals surface area contributed by atoms with Crippen molar-refractivity contribution in [2.24, 2.45) is 0 Å². The fourth-order valence-electron chi connectivity index (χ4n) is 6.08. The monoisotopic (exact) mass is 769 g/mol. The third kappa shape index (κ3) is 11.3. The van der Waals surface area contributed by atoms with Gasteiger partial charge in [0.05, 0.1) is 17.8 Å². The van der Waals surface area contributed by atoms with Crippen LogP contribution in [-0.2, 0) is 24.4 Å². The maximum absolute atomic E-state index is 13.9. The molecule has 0 spiro atoms. The fourth-order valence-corrected chi connectivity index (χ4v) is 6.39. The molecule has 1 amide bonds. The molecule has 54 heavy (non-hydrogen) atoms. The van der Waals surface area contributed by atoms with Gasteiger partial charge in [0.1, 0.15) is 23.9 Å². The van der Waals surface area contributed by atoms with E-state index in [2.05, 4.69) is 60.1 Å². The molecule has 4 aromatic carbocycles. The number of carbonyl (C=O) groups is 1. The lowest BCUT2D eigenvalue weighted by atomic mass is 10.0. The highest BCUT2D eigenvalue weighted by molar-refractivity contribution is 6.32. The van der Waals surface area contributed by atoms with Crippen LogP contribution in [0.25, 0.3) is 6.08 Å². The van der Waals surface area contributed by atoms with Gasteiger partial charge in [-0.3, -0.25) is 9.69 Å². The minimum absolute atomic E-state index is 0. The zero-order valence-corrected chi connectivity index (χ0v) is 32.4. The molecule has 7 nitrogen and oxygen atoms in total. The number of halogens is 3. The summed E-state index contributed by atoms with van der Waals surface area (Å²) in [6, 6.07) is 30.6. The van der Waals surface area contributed by atoms with E-state index < -0.39 is 0 Å². The van der Waals surface area contributed by atoms with Crippen molar-refractivity contribution >= 4 is 36.0 Å². The topological polar surface area (TPSA) is 64.1 Å². The van der Waals surface area contributed by atoms with Gasteiger partial charge in [0.2, 0.25) is 11.8 Å². The SMILES string of the molecule is Cc1cc(C=CC(=O)N2CCN(Cc3ccc(CCOc4ccc(C(C)C)cc4)cc3)CC2)cc(Cl)c1Oc1ccc(OCc2ccccc2F)cn1.Cl. The van der Waals surface area contributed by atoms with Crippen LogP contribution in [0.4, 0.5) is 4.39 Å². The Morgan fingerprint density at radius 3 is 2.26 bits per heavy atom.